The third-order valence-electron chi connectivity index (χ3n) is 3.27. The highest BCUT2D eigenvalue weighted by Gasteiger charge is 2.23. The van der Waals surface area contributed by atoms with Crippen molar-refractivity contribution in [2.24, 2.45) is 5.73 Å². The van der Waals surface area contributed by atoms with Crippen molar-refractivity contribution in [2.75, 3.05) is 23.8 Å². The molecule has 0 aromatic heterocycles. The highest BCUT2D eigenvalue weighted by Crippen LogP contribution is 2.17. The first-order valence-corrected chi connectivity index (χ1v) is 7.21. The molecule has 2 amide bonds. The Hall–Kier alpha value is -1.63. The molecule has 1 aromatic rings. The van der Waals surface area contributed by atoms with Crippen LogP contribution in [0, 0.1) is 0 Å². The van der Waals surface area contributed by atoms with Crippen LogP contribution in [-0.4, -0.2) is 31.1 Å². The van der Waals surface area contributed by atoms with Gasteiger partial charge in [-0.05, 0) is 50.1 Å². The Morgan fingerprint density at radius 3 is 2.36 bits per heavy atom. The van der Waals surface area contributed by atoms with Crippen molar-refractivity contribution in [2.45, 2.75) is 31.8 Å². The van der Waals surface area contributed by atoms with Crippen LogP contribution in [0.3, 0.4) is 0 Å². The lowest BCUT2D eigenvalue weighted by molar-refractivity contribution is -0.124. The zero-order valence-electron chi connectivity index (χ0n) is 12.3. The Labute approximate surface area is 136 Å². The molecular formula is C15H22ClN3O3. The van der Waals surface area contributed by atoms with E-state index < -0.39 is 0 Å². The molecule has 2 rings (SSSR count). The smallest absolute Gasteiger partial charge is 0.253 e. The van der Waals surface area contributed by atoms with Crippen molar-refractivity contribution < 1.29 is 14.3 Å². The van der Waals surface area contributed by atoms with Gasteiger partial charge in [0.15, 0.2) is 0 Å². The molecule has 1 aliphatic heterocycles. The van der Waals surface area contributed by atoms with Crippen LogP contribution < -0.4 is 16.4 Å². The average molecular weight is 328 g/mol. The van der Waals surface area contributed by atoms with Gasteiger partial charge in [0, 0.05) is 24.4 Å². The summed E-state index contributed by atoms with van der Waals surface area (Å²) in [4.78, 5) is 23.4. The zero-order valence-corrected chi connectivity index (χ0v) is 13.2. The van der Waals surface area contributed by atoms with Gasteiger partial charge in [-0.25, -0.2) is 0 Å². The second-order valence-electron chi connectivity index (χ2n) is 5.01. The zero-order chi connectivity index (χ0) is 15.1. The quantitative estimate of drug-likeness (QED) is 0.744. The fourth-order valence-electron chi connectivity index (χ4n) is 2.13. The minimum Gasteiger partial charge on any atom is -0.368 e. The molecule has 0 saturated carbocycles. The first-order chi connectivity index (χ1) is 10.2. The van der Waals surface area contributed by atoms with Crippen LogP contribution in [0.15, 0.2) is 24.3 Å². The van der Waals surface area contributed by atoms with Crippen molar-refractivity contribution in [3.05, 3.63) is 24.3 Å². The van der Waals surface area contributed by atoms with Crippen molar-refractivity contribution in [3.8, 4) is 0 Å². The summed E-state index contributed by atoms with van der Waals surface area (Å²) >= 11 is 0. The van der Waals surface area contributed by atoms with Crippen molar-refractivity contribution in [3.63, 3.8) is 0 Å². The van der Waals surface area contributed by atoms with Gasteiger partial charge < -0.3 is 21.1 Å². The Morgan fingerprint density at radius 1 is 1.18 bits per heavy atom. The fourth-order valence-corrected chi connectivity index (χ4v) is 2.13. The monoisotopic (exact) mass is 327 g/mol. The molecule has 0 bridgehead atoms. The molecule has 1 heterocycles. The molecule has 6 nitrogen and oxygen atoms in total. The normalized spacial score (nSPS) is 16.7. The molecule has 4 N–H and O–H groups in total. The number of hydrogen-bond acceptors (Lipinski definition) is 4. The number of rotatable bonds is 6. The lowest BCUT2D eigenvalue weighted by Crippen LogP contribution is -2.26. The van der Waals surface area contributed by atoms with Crippen LogP contribution in [-0.2, 0) is 14.3 Å². The number of amides is 2. The Bertz CT molecular complexity index is 487. The van der Waals surface area contributed by atoms with E-state index in [2.05, 4.69) is 10.6 Å². The maximum atomic E-state index is 11.9. The van der Waals surface area contributed by atoms with Gasteiger partial charge >= 0.3 is 0 Å². The fraction of sp³-hybridized carbons (Fsp3) is 0.467. The number of carbonyl (C=O) groups excluding carboxylic acids is 2. The molecule has 1 aliphatic rings. The summed E-state index contributed by atoms with van der Waals surface area (Å²) < 4.78 is 5.32. The van der Waals surface area contributed by atoms with Crippen LogP contribution in [0.2, 0.25) is 0 Å². The number of halogens is 1. The second kappa shape index (κ2) is 9.40. The highest BCUT2D eigenvalue weighted by molar-refractivity contribution is 5.95. The third-order valence-corrected chi connectivity index (χ3v) is 3.27. The van der Waals surface area contributed by atoms with Crippen LogP contribution >= 0.6 is 12.4 Å². The van der Waals surface area contributed by atoms with E-state index in [9.17, 15) is 9.59 Å². The van der Waals surface area contributed by atoms with E-state index in [1.807, 2.05) is 0 Å². The van der Waals surface area contributed by atoms with E-state index in [4.69, 9.17) is 10.5 Å². The highest BCUT2D eigenvalue weighted by atomic mass is 35.5. The van der Waals surface area contributed by atoms with Crippen molar-refractivity contribution >= 4 is 35.6 Å². The molecule has 122 valence electrons. The van der Waals surface area contributed by atoms with Gasteiger partial charge in [0.05, 0.1) is 0 Å². The van der Waals surface area contributed by atoms with Gasteiger partial charge in [-0.1, -0.05) is 0 Å². The summed E-state index contributed by atoms with van der Waals surface area (Å²) in [7, 11) is 0. The van der Waals surface area contributed by atoms with Gasteiger partial charge in [-0.2, -0.15) is 0 Å². The average Bonchev–Trinajstić information content (AvgIpc) is 3.01. The number of nitrogens with one attached hydrogen (secondary N) is 2. The maximum absolute atomic E-state index is 11.9. The molecule has 22 heavy (non-hydrogen) atoms. The van der Waals surface area contributed by atoms with Crippen LogP contribution in [0.4, 0.5) is 11.4 Å². The molecular weight excluding hydrogens is 306 g/mol. The molecule has 0 radical (unpaired) electrons. The standard InChI is InChI=1S/C15H21N3O3.ClH/c16-9-1-4-14(19)17-11-5-7-12(8-6-11)18-15(20)13-3-2-10-21-13;/h5-8,13H,1-4,9-10,16H2,(H,17,19)(H,18,20);1H. The lowest BCUT2D eigenvalue weighted by Gasteiger charge is -2.11. The first-order valence-electron chi connectivity index (χ1n) is 7.21. The second-order valence-corrected chi connectivity index (χ2v) is 5.01. The largest absolute Gasteiger partial charge is 0.368 e. The predicted molar refractivity (Wildman–Crippen MR) is 88.2 cm³/mol. The Balaban J connectivity index is 0.00000242. The molecule has 0 spiro atoms. The van der Waals surface area contributed by atoms with E-state index in [1.165, 1.54) is 0 Å². The molecule has 1 fully saturated rings. The van der Waals surface area contributed by atoms with Gasteiger partial charge in [-0.3, -0.25) is 9.59 Å². The lowest BCUT2D eigenvalue weighted by atomic mass is 10.2. The van der Waals surface area contributed by atoms with E-state index in [0.29, 0.717) is 37.4 Å². The van der Waals surface area contributed by atoms with Gasteiger partial charge in [0.1, 0.15) is 6.10 Å². The number of nitrogens with two attached hydrogens (primary N) is 1. The molecule has 0 aliphatic carbocycles. The minimum atomic E-state index is -0.347. The van der Waals surface area contributed by atoms with E-state index in [-0.39, 0.29) is 30.3 Å². The number of hydrogen-bond donors (Lipinski definition) is 3. The molecule has 1 unspecified atom stereocenters. The topological polar surface area (TPSA) is 93.5 Å². The third kappa shape index (κ3) is 5.63. The summed E-state index contributed by atoms with van der Waals surface area (Å²) in [5.74, 6) is -0.177. The maximum Gasteiger partial charge on any atom is 0.253 e. The van der Waals surface area contributed by atoms with Gasteiger partial charge in [0.25, 0.3) is 5.91 Å². The summed E-state index contributed by atoms with van der Waals surface area (Å²) in [6.45, 7) is 1.15. The molecule has 1 aromatic carbocycles. The van der Waals surface area contributed by atoms with Crippen LogP contribution in [0.5, 0.6) is 0 Å². The van der Waals surface area contributed by atoms with E-state index >= 15 is 0 Å². The van der Waals surface area contributed by atoms with Crippen molar-refractivity contribution in [1.29, 1.82) is 0 Å². The van der Waals surface area contributed by atoms with Crippen LogP contribution in [0.25, 0.3) is 0 Å². The van der Waals surface area contributed by atoms with Gasteiger partial charge in [0.2, 0.25) is 5.91 Å². The predicted octanol–water partition coefficient (Wildman–Crippen LogP) is 1.90. The number of ether oxygens (including phenoxy) is 1. The summed E-state index contributed by atoms with van der Waals surface area (Å²) in [5.41, 5.74) is 6.75. The Kier molecular flexibility index (Phi) is 7.87. The minimum absolute atomic E-state index is 0. The summed E-state index contributed by atoms with van der Waals surface area (Å²) in [6.07, 6.45) is 2.42. The molecule has 7 heteroatoms. The van der Waals surface area contributed by atoms with Gasteiger partial charge in [-0.15, -0.1) is 12.4 Å². The van der Waals surface area contributed by atoms with Crippen LogP contribution in [0.1, 0.15) is 25.7 Å². The molecule has 1 saturated heterocycles. The van der Waals surface area contributed by atoms with E-state index in [0.717, 1.165) is 12.8 Å². The Morgan fingerprint density at radius 2 is 1.82 bits per heavy atom. The number of benzene rings is 1. The van der Waals surface area contributed by atoms with E-state index in [1.54, 1.807) is 24.3 Å². The SMILES string of the molecule is Cl.NCCCC(=O)Nc1ccc(NC(=O)C2CCCO2)cc1. The number of anilines is 2. The molecule has 1 atom stereocenters. The van der Waals surface area contributed by atoms with Crippen molar-refractivity contribution in [1.82, 2.24) is 0 Å². The first kappa shape index (κ1) is 18.4. The number of carbonyl (C=O) groups is 2. The summed E-state index contributed by atoms with van der Waals surface area (Å²) in [6, 6.07) is 7.02. The summed E-state index contributed by atoms with van der Waals surface area (Å²) in [5, 5.41) is 5.59.